The smallest absolute Gasteiger partial charge is 0.125 e. The highest BCUT2D eigenvalue weighted by Gasteiger charge is 2.00. The molecule has 2 rings (SSSR count). The number of hydrogen-bond acceptors (Lipinski definition) is 4. The van der Waals surface area contributed by atoms with Crippen LogP contribution in [0.25, 0.3) is 12.0 Å². The van der Waals surface area contributed by atoms with Crippen LogP contribution in [0.15, 0.2) is 18.2 Å². The van der Waals surface area contributed by atoms with Crippen LogP contribution in [0.5, 0.6) is 0 Å². The van der Waals surface area contributed by atoms with Crippen LogP contribution >= 0.6 is 0 Å². The number of rotatable bonds is 0. The number of hydrogen-bond donors (Lipinski definition) is 4. The Balaban J connectivity index is 2.95. The highest BCUT2D eigenvalue weighted by molar-refractivity contribution is 5.54. The summed E-state index contributed by atoms with van der Waals surface area (Å²) in [6.07, 6.45) is 1.82. The molecule has 0 unspecified atom stereocenters. The van der Waals surface area contributed by atoms with E-state index in [0.717, 1.165) is 10.4 Å². The van der Waals surface area contributed by atoms with E-state index in [2.05, 4.69) is 10.9 Å². The van der Waals surface area contributed by atoms with Crippen LogP contribution in [-0.4, -0.2) is 0 Å². The predicted molar refractivity (Wildman–Crippen MR) is 48.4 cm³/mol. The van der Waals surface area contributed by atoms with Crippen LogP contribution in [-0.2, 0) is 0 Å². The molecule has 6 N–H and O–H groups in total. The fourth-order valence-electron chi connectivity index (χ4n) is 1.27. The van der Waals surface area contributed by atoms with E-state index in [9.17, 15) is 0 Å². The number of fused-ring (bicyclic) bond motifs is 1. The van der Waals surface area contributed by atoms with Gasteiger partial charge in [-0.3, -0.25) is 5.43 Å². The highest BCUT2D eigenvalue weighted by Crippen LogP contribution is 1.89. The molecule has 1 aromatic carbocycles. The molecule has 62 valence electrons. The third-order valence-electron chi connectivity index (χ3n) is 1.83. The molecule has 0 bridgehead atoms. The molecule has 0 aromatic heterocycles. The Morgan fingerprint density at radius 3 is 2.75 bits per heavy atom. The van der Waals surface area contributed by atoms with Gasteiger partial charge in [-0.25, -0.2) is 0 Å². The standard InChI is InChI=1S/C8H10N4/c9-6-3-1-2-5-4-11-12-8(10)7(5)6/h1-4,11-12H,9-10H2. The number of nitrogens with two attached hydrogens (primary N) is 2. The molecule has 0 spiro atoms. The summed E-state index contributed by atoms with van der Waals surface area (Å²) >= 11 is 0. The van der Waals surface area contributed by atoms with Crippen LogP contribution in [0, 0.1) is 0 Å². The van der Waals surface area contributed by atoms with E-state index in [-0.39, 0.29) is 0 Å². The lowest BCUT2D eigenvalue weighted by atomic mass is 10.2. The molecular formula is C8H10N4. The molecular weight excluding hydrogens is 152 g/mol. The van der Waals surface area contributed by atoms with Crippen molar-refractivity contribution in [2.45, 2.75) is 0 Å². The van der Waals surface area contributed by atoms with Crippen LogP contribution in [0.3, 0.4) is 0 Å². The molecule has 0 saturated carbocycles. The topological polar surface area (TPSA) is 76.1 Å². The molecule has 4 nitrogen and oxygen atoms in total. The lowest BCUT2D eigenvalue weighted by Crippen LogP contribution is -2.46. The highest BCUT2D eigenvalue weighted by atomic mass is 15.4. The van der Waals surface area contributed by atoms with Crippen LogP contribution in [0.2, 0.25) is 0 Å². The number of anilines is 1. The zero-order chi connectivity index (χ0) is 8.55. The van der Waals surface area contributed by atoms with Gasteiger partial charge in [0.2, 0.25) is 0 Å². The summed E-state index contributed by atoms with van der Waals surface area (Å²) in [5.41, 5.74) is 17.7. The minimum Gasteiger partial charge on any atom is -0.398 e. The lowest BCUT2D eigenvalue weighted by molar-refractivity contribution is 0.804. The fraction of sp³-hybridized carbons (Fsp3) is 0. The summed E-state index contributed by atoms with van der Waals surface area (Å²) in [6.45, 7) is 0. The van der Waals surface area contributed by atoms with Gasteiger partial charge < -0.3 is 16.9 Å². The average Bonchev–Trinajstić information content (AvgIpc) is 2.04. The first-order valence-corrected chi connectivity index (χ1v) is 3.65. The third kappa shape index (κ3) is 0.852. The zero-order valence-corrected chi connectivity index (χ0v) is 6.46. The second kappa shape index (κ2) is 2.34. The van der Waals surface area contributed by atoms with Gasteiger partial charge in [-0.2, -0.15) is 0 Å². The Kier molecular flexibility index (Phi) is 1.33. The molecule has 0 fully saturated rings. The van der Waals surface area contributed by atoms with E-state index >= 15 is 0 Å². The van der Waals surface area contributed by atoms with Gasteiger partial charge in [-0.15, -0.1) is 0 Å². The second-order valence-corrected chi connectivity index (χ2v) is 2.64. The van der Waals surface area contributed by atoms with Gasteiger partial charge in [0, 0.05) is 22.3 Å². The van der Waals surface area contributed by atoms with Crippen molar-refractivity contribution in [2.75, 3.05) is 5.73 Å². The molecule has 0 aliphatic carbocycles. The molecule has 1 aliphatic heterocycles. The van der Waals surface area contributed by atoms with Crippen molar-refractivity contribution in [2.24, 2.45) is 5.73 Å². The van der Waals surface area contributed by atoms with E-state index < -0.39 is 0 Å². The molecule has 0 amide bonds. The van der Waals surface area contributed by atoms with Crippen LogP contribution in [0.1, 0.15) is 0 Å². The molecule has 0 atom stereocenters. The largest absolute Gasteiger partial charge is 0.398 e. The molecule has 1 aliphatic rings. The number of nitrogen functional groups attached to an aromatic ring is 1. The van der Waals surface area contributed by atoms with Crippen LogP contribution in [0.4, 0.5) is 5.69 Å². The van der Waals surface area contributed by atoms with E-state index in [4.69, 9.17) is 11.5 Å². The van der Waals surface area contributed by atoms with E-state index in [1.54, 1.807) is 0 Å². The lowest BCUT2D eigenvalue weighted by Gasteiger charge is -2.11. The Hall–Kier alpha value is -1.84. The zero-order valence-electron chi connectivity index (χ0n) is 6.46. The van der Waals surface area contributed by atoms with Crippen molar-refractivity contribution in [1.82, 2.24) is 10.9 Å². The maximum absolute atomic E-state index is 5.74. The maximum Gasteiger partial charge on any atom is 0.125 e. The summed E-state index contributed by atoms with van der Waals surface area (Å²) in [7, 11) is 0. The number of benzene rings is 1. The summed E-state index contributed by atoms with van der Waals surface area (Å²) in [4.78, 5) is 0. The molecule has 0 saturated heterocycles. The predicted octanol–water partition coefficient (Wildman–Crippen LogP) is -1.86. The van der Waals surface area contributed by atoms with Gasteiger partial charge in [0.05, 0.1) is 0 Å². The Bertz CT molecular complexity index is 421. The van der Waals surface area contributed by atoms with Crippen molar-refractivity contribution in [3.63, 3.8) is 0 Å². The van der Waals surface area contributed by atoms with Gasteiger partial charge >= 0.3 is 0 Å². The molecule has 12 heavy (non-hydrogen) atoms. The van der Waals surface area contributed by atoms with Gasteiger partial charge in [0.15, 0.2) is 0 Å². The van der Waals surface area contributed by atoms with Crippen molar-refractivity contribution in [3.05, 3.63) is 28.6 Å². The monoisotopic (exact) mass is 162 g/mol. The first-order chi connectivity index (χ1) is 5.79. The fourth-order valence-corrected chi connectivity index (χ4v) is 1.27. The summed E-state index contributed by atoms with van der Waals surface area (Å²) < 4.78 is 0. The minimum atomic E-state index is 0.561. The first-order valence-electron chi connectivity index (χ1n) is 3.65. The van der Waals surface area contributed by atoms with E-state index in [1.807, 2.05) is 24.4 Å². The summed E-state index contributed by atoms with van der Waals surface area (Å²) in [5, 5.41) is 1.88. The first kappa shape index (κ1) is 6.84. The van der Waals surface area contributed by atoms with Gasteiger partial charge in [0.25, 0.3) is 0 Å². The van der Waals surface area contributed by atoms with Gasteiger partial charge in [0.1, 0.15) is 5.82 Å². The van der Waals surface area contributed by atoms with Crippen LogP contribution < -0.4 is 32.8 Å². The molecule has 0 radical (unpaired) electrons. The Labute approximate surface area is 69.5 Å². The summed E-state index contributed by atoms with van der Waals surface area (Å²) in [6, 6.07) is 5.67. The van der Waals surface area contributed by atoms with Crippen molar-refractivity contribution >= 4 is 17.7 Å². The molecule has 1 heterocycles. The Morgan fingerprint density at radius 1 is 1.17 bits per heavy atom. The number of nitrogens with one attached hydrogen (secondary N) is 2. The van der Waals surface area contributed by atoms with Gasteiger partial charge in [-0.05, 0) is 6.07 Å². The normalized spacial score (nSPS) is 13.8. The minimum absolute atomic E-state index is 0.561. The number of hydrazine groups is 1. The molecule has 4 heteroatoms. The second-order valence-electron chi connectivity index (χ2n) is 2.64. The SMILES string of the molecule is NC1=c2c(N)cccc2=CNN1. The van der Waals surface area contributed by atoms with Crippen molar-refractivity contribution < 1.29 is 0 Å². The van der Waals surface area contributed by atoms with Crippen molar-refractivity contribution in [3.8, 4) is 0 Å². The van der Waals surface area contributed by atoms with Gasteiger partial charge in [-0.1, -0.05) is 12.1 Å². The average molecular weight is 162 g/mol. The maximum atomic E-state index is 5.74. The quantitative estimate of drug-likeness (QED) is 0.337. The Morgan fingerprint density at radius 2 is 2.00 bits per heavy atom. The van der Waals surface area contributed by atoms with E-state index in [1.165, 1.54) is 0 Å². The summed E-state index contributed by atoms with van der Waals surface area (Å²) in [5.74, 6) is 0.561. The van der Waals surface area contributed by atoms with Crippen molar-refractivity contribution in [1.29, 1.82) is 0 Å². The molecule has 1 aromatic rings. The van der Waals surface area contributed by atoms with E-state index in [0.29, 0.717) is 11.5 Å². The third-order valence-corrected chi connectivity index (χ3v) is 1.83.